The van der Waals surface area contributed by atoms with Gasteiger partial charge >= 0.3 is 0 Å². The lowest BCUT2D eigenvalue weighted by atomic mass is 10.1. The van der Waals surface area contributed by atoms with Crippen LogP contribution in [0.4, 0.5) is 10.8 Å². The van der Waals surface area contributed by atoms with Crippen LogP contribution >= 0.6 is 11.3 Å². The molecular weight excluding hydrogens is 338 g/mol. The number of non-ortho nitro benzene ring substituents is 1. The number of amides is 1. The number of nitrogens with zero attached hydrogens (tertiary/aromatic N) is 2. The fourth-order valence-electron chi connectivity index (χ4n) is 2.49. The third-order valence-electron chi connectivity index (χ3n) is 3.57. The van der Waals surface area contributed by atoms with E-state index in [0.29, 0.717) is 10.7 Å². The van der Waals surface area contributed by atoms with Gasteiger partial charge in [0.1, 0.15) is 0 Å². The van der Waals surface area contributed by atoms with Gasteiger partial charge in [0.05, 0.1) is 15.1 Å². The van der Waals surface area contributed by atoms with Gasteiger partial charge in [-0.05, 0) is 42.7 Å². The van der Waals surface area contributed by atoms with Gasteiger partial charge in [0.2, 0.25) is 5.91 Å². The van der Waals surface area contributed by atoms with Gasteiger partial charge in [-0.3, -0.25) is 20.2 Å². The number of nitro benzene ring substituents is 1. The Hall–Kier alpha value is -3.06. The van der Waals surface area contributed by atoms with Crippen LogP contribution in [0.2, 0.25) is 0 Å². The molecule has 0 bridgehead atoms. The number of aromatic nitrogens is 1. The van der Waals surface area contributed by atoms with Crippen LogP contribution in [0.15, 0.2) is 42.5 Å². The largest absolute Gasteiger partial charge is 0.298 e. The number of anilines is 1. The number of hydrogen-bond acceptors (Lipinski definition) is 5. The summed E-state index contributed by atoms with van der Waals surface area (Å²) >= 11 is 1.42. The first-order chi connectivity index (χ1) is 11.9. The lowest BCUT2D eigenvalue weighted by Crippen LogP contribution is -2.07. The van der Waals surface area contributed by atoms with Gasteiger partial charge in [-0.15, -0.1) is 0 Å². The summed E-state index contributed by atoms with van der Waals surface area (Å²) in [5.41, 5.74) is 3.67. The Kier molecular flexibility index (Phi) is 4.58. The topological polar surface area (TPSA) is 85.1 Å². The molecule has 0 saturated carbocycles. The first-order valence-electron chi connectivity index (χ1n) is 7.54. The van der Waals surface area contributed by atoms with Crippen LogP contribution in [-0.4, -0.2) is 15.8 Å². The van der Waals surface area contributed by atoms with Crippen LogP contribution in [0, 0.1) is 24.0 Å². The molecule has 0 radical (unpaired) electrons. The van der Waals surface area contributed by atoms with E-state index in [-0.39, 0.29) is 11.6 Å². The zero-order valence-corrected chi connectivity index (χ0v) is 14.5. The molecule has 2 aromatic carbocycles. The average molecular weight is 353 g/mol. The Morgan fingerprint density at radius 1 is 1.28 bits per heavy atom. The molecule has 3 rings (SSSR count). The fraction of sp³-hybridized carbons (Fsp3) is 0.111. The highest BCUT2D eigenvalue weighted by Crippen LogP contribution is 2.29. The molecule has 7 heteroatoms. The van der Waals surface area contributed by atoms with Crippen LogP contribution in [0.25, 0.3) is 16.3 Å². The van der Waals surface area contributed by atoms with Gasteiger partial charge in [0.15, 0.2) is 5.13 Å². The van der Waals surface area contributed by atoms with Crippen molar-refractivity contribution in [2.75, 3.05) is 5.32 Å². The molecule has 1 N–H and O–H groups in total. The number of rotatable bonds is 4. The predicted molar refractivity (Wildman–Crippen MR) is 99.9 cm³/mol. The summed E-state index contributed by atoms with van der Waals surface area (Å²) < 4.78 is 1.02. The third kappa shape index (κ3) is 3.89. The van der Waals surface area contributed by atoms with Crippen LogP contribution in [0.1, 0.15) is 16.7 Å². The SMILES string of the molecule is Cc1cc(C)c2nc(NC(=O)/C=C/c3cccc([N+](=O)[O-])c3)sc2c1. The number of benzene rings is 2. The highest BCUT2D eigenvalue weighted by Gasteiger charge is 2.09. The van der Waals surface area contributed by atoms with Crippen LogP contribution in [0.3, 0.4) is 0 Å². The van der Waals surface area contributed by atoms with Crippen molar-refractivity contribution >= 4 is 44.4 Å². The first kappa shape index (κ1) is 16.8. The van der Waals surface area contributed by atoms with E-state index in [4.69, 9.17) is 0 Å². The molecule has 0 aliphatic rings. The number of hydrogen-bond donors (Lipinski definition) is 1. The molecule has 0 atom stereocenters. The normalized spacial score (nSPS) is 11.1. The molecule has 0 unspecified atom stereocenters. The fourth-order valence-corrected chi connectivity index (χ4v) is 3.53. The van der Waals surface area contributed by atoms with E-state index in [9.17, 15) is 14.9 Å². The lowest BCUT2D eigenvalue weighted by molar-refractivity contribution is -0.384. The summed E-state index contributed by atoms with van der Waals surface area (Å²) in [5.74, 6) is -0.333. The number of carbonyl (C=O) groups excluding carboxylic acids is 1. The van der Waals surface area contributed by atoms with E-state index in [1.54, 1.807) is 12.1 Å². The van der Waals surface area contributed by atoms with Crippen LogP contribution in [0.5, 0.6) is 0 Å². The van der Waals surface area contributed by atoms with Crippen molar-refractivity contribution < 1.29 is 9.72 Å². The summed E-state index contributed by atoms with van der Waals surface area (Å²) in [6, 6.07) is 10.2. The van der Waals surface area contributed by atoms with E-state index >= 15 is 0 Å². The third-order valence-corrected chi connectivity index (χ3v) is 4.49. The van der Waals surface area contributed by atoms with Gasteiger partial charge in [-0.2, -0.15) is 0 Å². The molecular formula is C18H15N3O3S. The minimum absolute atomic E-state index is 0.0143. The van der Waals surface area contributed by atoms with Gasteiger partial charge in [-0.25, -0.2) is 4.98 Å². The van der Waals surface area contributed by atoms with Crippen molar-refractivity contribution in [3.63, 3.8) is 0 Å². The smallest absolute Gasteiger partial charge is 0.270 e. The standard InChI is InChI=1S/C18H15N3O3S/c1-11-8-12(2)17-15(9-11)25-18(20-17)19-16(22)7-6-13-4-3-5-14(10-13)21(23)24/h3-10H,1-2H3,(H,19,20,22)/b7-6+. The quantitative estimate of drug-likeness (QED) is 0.426. The Morgan fingerprint density at radius 3 is 2.84 bits per heavy atom. The first-order valence-corrected chi connectivity index (χ1v) is 8.35. The van der Waals surface area contributed by atoms with E-state index < -0.39 is 4.92 Å². The van der Waals surface area contributed by atoms with Crippen LogP contribution < -0.4 is 5.32 Å². The van der Waals surface area contributed by atoms with Crippen molar-refractivity contribution in [2.45, 2.75) is 13.8 Å². The van der Waals surface area contributed by atoms with Gasteiger partial charge in [-0.1, -0.05) is 29.5 Å². The van der Waals surface area contributed by atoms with Crippen molar-refractivity contribution in [2.24, 2.45) is 0 Å². The maximum atomic E-state index is 12.1. The van der Waals surface area contributed by atoms with Gasteiger partial charge in [0.25, 0.3) is 5.69 Å². The second kappa shape index (κ2) is 6.82. The maximum Gasteiger partial charge on any atom is 0.270 e. The van der Waals surface area contributed by atoms with E-state index in [1.807, 2.05) is 19.9 Å². The average Bonchev–Trinajstić information content (AvgIpc) is 2.95. The highest BCUT2D eigenvalue weighted by atomic mass is 32.1. The molecule has 25 heavy (non-hydrogen) atoms. The van der Waals surface area contributed by atoms with Crippen molar-refractivity contribution in [3.05, 3.63) is 69.3 Å². The molecule has 0 saturated heterocycles. The second-order valence-electron chi connectivity index (χ2n) is 5.62. The number of aryl methyl sites for hydroxylation is 2. The summed E-state index contributed by atoms with van der Waals surface area (Å²) in [6.45, 7) is 4.01. The predicted octanol–water partition coefficient (Wildman–Crippen LogP) is 4.47. The van der Waals surface area contributed by atoms with E-state index in [2.05, 4.69) is 16.4 Å². The number of fused-ring (bicyclic) bond motifs is 1. The Labute approximate surface area is 148 Å². The Morgan fingerprint density at radius 2 is 2.08 bits per heavy atom. The molecule has 126 valence electrons. The molecule has 1 aromatic heterocycles. The molecule has 1 heterocycles. The van der Waals surface area contributed by atoms with E-state index in [0.717, 1.165) is 21.3 Å². The summed E-state index contributed by atoms with van der Waals surface area (Å²) in [5, 5.41) is 14.0. The Bertz CT molecular complexity index is 1010. The van der Waals surface area contributed by atoms with Crippen molar-refractivity contribution in [1.29, 1.82) is 0 Å². The molecule has 0 fully saturated rings. The zero-order valence-electron chi connectivity index (χ0n) is 13.6. The van der Waals surface area contributed by atoms with Crippen molar-refractivity contribution in [3.8, 4) is 0 Å². The van der Waals surface area contributed by atoms with E-state index in [1.165, 1.54) is 35.6 Å². The van der Waals surface area contributed by atoms with Gasteiger partial charge < -0.3 is 0 Å². The minimum atomic E-state index is -0.469. The minimum Gasteiger partial charge on any atom is -0.298 e. The lowest BCUT2D eigenvalue weighted by Gasteiger charge is -1.97. The molecule has 6 nitrogen and oxygen atoms in total. The highest BCUT2D eigenvalue weighted by molar-refractivity contribution is 7.22. The van der Waals surface area contributed by atoms with Gasteiger partial charge in [0, 0.05) is 18.2 Å². The molecule has 0 spiro atoms. The Balaban J connectivity index is 1.75. The molecule has 0 aliphatic heterocycles. The van der Waals surface area contributed by atoms with Crippen LogP contribution in [-0.2, 0) is 4.79 Å². The monoisotopic (exact) mass is 353 g/mol. The molecule has 0 aliphatic carbocycles. The summed E-state index contributed by atoms with van der Waals surface area (Å²) in [7, 11) is 0. The number of thiazole rings is 1. The summed E-state index contributed by atoms with van der Waals surface area (Å²) in [6.07, 6.45) is 2.87. The zero-order chi connectivity index (χ0) is 18.0. The molecule has 3 aromatic rings. The number of nitrogens with one attached hydrogen (secondary N) is 1. The number of carbonyl (C=O) groups is 1. The number of nitro groups is 1. The molecule has 1 amide bonds. The maximum absolute atomic E-state index is 12.1. The second-order valence-corrected chi connectivity index (χ2v) is 6.65. The summed E-state index contributed by atoms with van der Waals surface area (Å²) in [4.78, 5) is 26.8. The van der Waals surface area contributed by atoms with Crippen molar-refractivity contribution in [1.82, 2.24) is 4.98 Å².